The van der Waals surface area contributed by atoms with Crippen molar-refractivity contribution >= 4 is 11.8 Å². The van der Waals surface area contributed by atoms with Crippen LogP contribution in [0, 0.1) is 31.6 Å². The highest BCUT2D eigenvalue weighted by atomic mass is 16.5. The Hall–Kier alpha value is -3.62. The molecule has 8 nitrogen and oxygen atoms in total. The molecule has 4 atom stereocenters. The molecule has 214 valence electrons. The van der Waals surface area contributed by atoms with E-state index in [1.165, 1.54) is 0 Å². The predicted molar refractivity (Wildman–Crippen MR) is 157 cm³/mol. The molecule has 3 fully saturated rings. The molecule has 6 rings (SSSR count). The van der Waals surface area contributed by atoms with Gasteiger partial charge in [-0.15, -0.1) is 0 Å². The van der Waals surface area contributed by atoms with Crippen LogP contribution in [0.3, 0.4) is 0 Å². The van der Waals surface area contributed by atoms with Gasteiger partial charge < -0.3 is 19.9 Å². The van der Waals surface area contributed by atoms with Gasteiger partial charge in [0.1, 0.15) is 0 Å². The first-order chi connectivity index (χ1) is 20.0. The molecule has 4 heterocycles. The first kappa shape index (κ1) is 27.5. The van der Waals surface area contributed by atoms with Crippen molar-refractivity contribution in [1.29, 1.82) is 0 Å². The topological polar surface area (TPSA) is 87.7 Å². The van der Waals surface area contributed by atoms with Crippen LogP contribution in [-0.2, 0) is 9.53 Å². The van der Waals surface area contributed by atoms with E-state index in [2.05, 4.69) is 32.3 Å². The fraction of sp³-hybridized carbons (Fsp3) is 0.455. The lowest BCUT2D eigenvalue weighted by atomic mass is 10.0. The first-order valence-corrected chi connectivity index (χ1v) is 14.8. The Morgan fingerprint density at radius 2 is 1.56 bits per heavy atom. The van der Waals surface area contributed by atoms with E-state index in [0.29, 0.717) is 36.4 Å². The van der Waals surface area contributed by atoms with E-state index in [1.54, 1.807) is 0 Å². The Kier molecular flexibility index (Phi) is 8.12. The number of nitrogens with zero attached hydrogens (tertiary/aromatic N) is 4. The molecular weight excluding hydrogens is 514 g/mol. The Morgan fingerprint density at radius 3 is 2.17 bits per heavy atom. The van der Waals surface area contributed by atoms with Crippen molar-refractivity contribution < 1.29 is 14.3 Å². The minimum atomic E-state index is -0.0527. The standard InChI is InChI=1S/C33H39N5O3/c1-22-30(23(2)35-31(34-22)25-11-7-4-8-12-25)33(40)38-19-27-17-37(18-28(27)20-38)15-13-29(24-9-5-3-6-10-24)36-32(39)26-14-16-41-21-26/h3-12,26-29H,13-21H2,1-2H3,(H,36,39)/t26?,27-,28?,29?/m0/s1. The SMILES string of the molecule is Cc1nc(-c2ccccc2)nc(C)c1C(=O)N1CC2CN(CCC(NC(=O)C3CCOC3)c3ccccc3)C[C@H]2C1. The van der Waals surface area contributed by atoms with E-state index < -0.39 is 0 Å². The molecule has 41 heavy (non-hydrogen) atoms. The maximum absolute atomic E-state index is 13.6. The monoisotopic (exact) mass is 553 g/mol. The van der Waals surface area contributed by atoms with Gasteiger partial charge in [0.25, 0.3) is 5.91 Å². The summed E-state index contributed by atoms with van der Waals surface area (Å²) in [7, 11) is 0. The second-order valence-corrected chi connectivity index (χ2v) is 11.8. The van der Waals surface area contributed by atoms with Crippen molar-refractivity contribution in [2.24, 2.45) is 17.8 Å². The molecule has 8 heteroatoms. The largest absolute Gasteiger partial charge is 0.381 e. The molecular formula is C33H39N5O3. The summed E-state index contributed by atoms with van der Waals surface area (Å²) >= 11 is 0. The summed E-state index contributed by atoms with van der Waals surface area (Å²) in [5.74, 6) is 1.67. The molecule has 0 spiro atoms. The molecule has 1 N–H and O–H groups in total. The number of benzene rings is 2. The molecule has 3 aliphatic rings. The van der Waals surface area contributed by atoms with E-state index in [9.17, 15) is 9.59 Å². The van der Waals surface area contributed by atoms with Crippen LogP contribution >= 0.6 is 0 Å². The quantitative estimate of drug-likeness (QED) is 0.453. The zero-order valence-electron chi connectivity index (χ0n) is 24.0. The van der Waals surface area contributed by atoms with E-state index in [4.69, 9.17) is 4.74 Å². The molecule has 0 bridgehead atoms. The molecule has 2 amide bonds. The molecule has 0 saturated carbocycles. The van der Waals surface area contributed by atoms with Crippen molar-refractivity contribution in [3.8, 4) is 11.4 Å². The summed E-state index contributed by atoms with van der Waals surface area (Å²) in [6, 6.07) is 20.1. The molecule has 3 saturated heterocycles. The average molecular weight is 554 g/mol. The number of hydrogen-bond acceptors (Lipinski definition) is 6. The Labute approximate surface area is 242 Å². The zero-order chi connectivity index (χ0) is 28.3. The number of hydrogen-bond donors (Lipinski definition) is 1. The van der Waals surface area contributed by atoms with Gasteiger partial charge in [-0.2, -0.15) is 0 Å². The number of nitrogens with one attached hydrogen (secondary N) is 1. The molecule has 0 radical (unpaired) electrons. The van der Waals surface area contributed by atoms with Gasteiger partial charge in [0.05, 0.1) is 35.5 Å². The third-order valence-electron chi connectivity index (χ3n) is 8.92. The van der Waals surface area contributed by atoms with Crippen LogP contribution < -0.4 is 5.32 Å². The highest BCUT2D eigenvalue weighted by Crippen LogP contribution is 2.33. The second-order valence-electron chi connectivity index (χ2n) is 11.8. The molecule has 2 aromatic carbocycles. The summed E-state index contributed by atoms with van der Waals surface area (Å²) in [5.41, 5.74) is 4.20. The normalized spacial score (nSPS) is 23.0. The van der Waals surface area contributed by atoms with Gasteiger partial charge in [-0.1, -0.05) is 60.7 Å². The number of ether oxygens (including phenoxy) is 1. The van der Waals surface area contributed by atoms with Crippen LogP contribution in [0.1, 0.15) is 46.2 Å². The fourth-order valence-electron chi connectivity index (χ4n) is 6.69. The molecule has 3 aliphatic heterocycles. The van der Waals surface area contributed by atoms with Gasteiger partial charge in [-0.3, -0.25) is 9.59 Å². The maximum atomic E-state index is 13.6. The highest BCUT2D eigenvalue weighted by molar-refractivity contribution is 5.96. The first-order valence-electron chi connectivity index (χ1n) is 14.8. The number of likely N-dealkylation sites (tertiary alicyclic amines) is 2. The van der Waals surface area contributed by atoms with Crippen LogP contribution in [0.5, 0.6) is 0 Å². The lowest BCUT2D eigenvalue weighted by Crippen LogP contribution is -2.37. The lowest BCUT2D eigenvalue weighted by molar-refractivity contribution is -0.125. The summed E-state index contributed by atoms with van der Waals surface area (Å²) < 4.78 is 5.44. The Morgan fingerprint density at radius 1 is 0.927 bits per heavy atom. The minimum Gasteiger partial charge on any atom is -0.381 e. The number of amides is 2. The third kappa shape index (κ3) is 6.04. The minimum absolute atomic E-state index is 0.0207. The number of aromatic nitrogens is 2. The summed E-state index contributed by atoms with van der Waals surface area (Å²) in [4.78, 5) is 40.4. The highest BCUT2D eigenvalue weighted by Gasteiger charge is 2.42. The summed E-state index contributed by atoms with van der Waals surface area (Å²) in [6.45, 7) is 9.39. The van der Waals surface area contributed by atoms with Crippen LogP contribution in [0.25, 0.3) is 11.4 Å². The lowest BCUT2D eigenvalue weighted by Gasteiger charge is -2.26. The number of fused-ring (bicyclic) bond motifs is 1. The van der Waals surface area contributed by atoms with Gasteiger partial charge in [0.2, 0.25) is 5.91 Å². The van der Waals surface area contributed by atoms with Gasteiger partial charge in [0, 0.05) is 44.9 Å². The van der Waals surface area contributed by atoms with Gasteiger partial charge >= 0.3 is 0 Å². The number of rotatable bonds is 8. The van der Waals surface area contributed by atoms with Crippen molar-refractivity contribution in [3.05, 3.63) is 83.2 Å². The summed E-state index contributed by atoms with van der Waals surface area (Å²) in [6.07, 6.45) is 1.65. The number of aryl methyl sites for hydroxylation is 2. The van der Waals surface area contributed by atoms with E-state index in [-0.39, 0.29) is 23.8 Å². The Bertz CT molecular complexity index is 1340. The van der Waals surface area contributed by atoms with Crippen molar-refractivity contribution in [3.63, 3.8) is 0 Å². The van der Waals surface area contributed by atoms with Crippen LogP contribution in [-0.4, -0.2) is 77.5 Å². The molecule has 0 aliphatic carbocycles. The number of carbonyl (C=O) groups excluding carboxylic acids is 2. The smallest absolute Gasteiger partial charge is 0.257 e. The molecule has 3 unspecified atom stereocenters. The average Bonchev–Trinajstić information content (AvgIpc) is 3.73. The predicted octanol–water partition coefficient (Wildman–Crippen LogP) is 4.05. The van der Waals surface area contributed by atoms with E-state index in [1.807, 2.05) is 67.3 Å². The van der Waals surface area contributed by atoms with Crippen LogP contribution in [0.15, 0.2) is 60.7 Å². The molecule has 3 aromatic rings. The van der Waals surface area contributed by atoms with Gasteiger partial charge in [-0.25, -0.2) is 9.97 Å². The summed E-state index contributed by atoms with van der Waals surface area (Å²) in [5, 5.41) is 3.30. The van der Waals surface area contributed by atoms with Crippen LogP contribution in [0.2, 0.25) is 0 Å². The Balaban J connectivity index is 1.06. The fourth-order valence-corrected chi connectivity index (χ4v) is 6.69. The number of carbonyl (C=O) groups is 2. The van der Waals surface area contributed by atoms with Gasteiger partial charge in [0.15, 0.2) is 5.82 Å². The zero-order valence-corrected chi connectivity index (χ0v) is 24.0. The van der Waals surface area contributed by atoms with Crippen LogP contribution in [0.4, 0.5) is 0 Å². The van der Waals surface area contributed by atoms with E-state index >= 15 is 0 Å². The van der Waals surface area contributed by atoms with Crippen molar-refractivity contribution in [2.45, 2.75) is 32.7 Å². The maximum Gasteiger partial charge on any atom is 0.257 e. The van der Waals surface area contributed by atoms with Crippen molar-refractivity contribution in [2.75, 3.05) is 45.9 Å². The van der Waals surface area contributed by atoms with E-state index in [0.717, 1.165) is 68.1 Å². The van der Waals surface area contributed by atoms with Gasteiger partial charge in [-0.05, 0) is 44.1 Å². The third-order valence-corrected chi connectivity index (χ3v) is 8.92. The molecule has 1 aromatic heterocycles. The second kappa shape index (κ2) is 12.1. The van der Waals surface area contributed by atoms with Crippen molar-refractivity contribution in [1.82, 2.24) is 25.1 Å².